The highest BCUT2D eigenvalue weighted by Gasteiger charge is 2.13. The van der Waals surface area contributed by atoms with Crippen molar-refractivity contribution in [1.29, 1.82) is 0 Å². The summed E-state index contributed by atoms with van der Waals surface area (Å²) in [6.45, 7) is 3.44. The second kappa shape index (κ2) is 6.04. The summed E-state index contributed by atoms with van der Waals surface area (Å²) >= 11 is 0. The number of hydrazone groups is 1. The smallest absolute Gasteiger partial charge is 0.335 e. The molecule has 2 aromatic rings. The van der Waals surface area contributed by atoms with Crippen molar-refractivity contribution in [3.05, 3.63) is 41.2 Å². The van der Waals surface area contributed by atoms with Gasteiger partial charge in [-0.05, 0) is 38.1 Å². The maximum absolute atomic E-state index is 10.8. The first-order chi connectivity index (χ1) is 10.4. The minimum atomic E-state index is -0.997. The summed E-state index contributed by atoms with van der Waals surface area (Å²) in [7, 11) is 0. The van der Waals surface area contributed by atoms with Crippen LogP contribution in [0.2, 0.25) is 0 Å². The minimum Gasteiger partial charge on any atom is -0.478 e. The van der Waals surface area contributed by atoms with Crippen LogP contribution in [-0.4, -0.2) is 37.8 Å². The Morgan fingerprint density at radius 1 is 1.32 bits per heavy atom. The number of nitrogens with two attached hydrogens (primary N) is 1. The van der Waals surface area contributed by atoms with E-state index in [0.717, 1.165) is 0 Å². The third-order valence-corrected chi connectivity index (χ3v) is 2.93. The van der Waals surface area contributed by atoms with Crippen LogP contribution in [-0.2, 0) is 0 Å². The number of aromatic carboxylic acids is 1. The maximum Gasteiger partial charge on any atom is 0.335 e. The predicted molar refractivity (Wildman–Crippen MR) is 78.0 cm³/mol. The largest absolute Gasteiger partial charge is 0.478 e. The lowest BCUT2D eigenvalue weighted by molar-refractivity contribution is 0.0697. The zero-order chi connectivity index (χ0) is 16.3. The average molecular weight is 302 g/mol. The molecule has 0 spiro atoms. The van der Waals surface area contributed by atoms with Crippen molar-refractivity contribution in [2.45, 2.75) is 13.8 Å². The summed E-state index contributed by atoms with van der Waals surface area (Å²) in [5.74, 6) is -0.997. The minimum absolute atomic E-state index is 0.185. The van der Waals surface area contributed by atoms with E-state index in [1.165, 1.54) is 12.1 Å². The molecule has 0 atom stereocenters. The number of aromatic nitrogens is 3. The maximum atomic E-state index is 10.8. The highest BCUT2D eigenvalue weighted by Crippen LogP contribution is 2.14. The summed E-state index contributed by atoms with van der Waals surface area (Å²) < 4.78 is 1.55. The number of carboxylic acid groups (broad SMARTS) is 1. The predicted octanol–water partition coefficient (Wildman–Crippen LogP) is 0.666. The van der Waals surface area contributed by atoms with Crippen LogP contribution in [0.1, 0.15) is 28.7 Å². The first-order valence-corrected chi connectivity index (χ1v) is 6.26. The van der Waals surface area contributed by atoms with E-state index in [2.05, 4.69) is 20.8 Å². The molecule has 0 aliphatic carbocycles. The molecule has 22 heavy (non-hydrogen) atoms. The molecule has 0 aliphatic heterocycles. The fourth-order valence-electron chi connectivity index (χ4n) is 1.85. The number of carbonyl (C=O) groups excluding carboxylic acids is 1. The van der Waals surface area contributed by atoms with Crippen LogP contribution in [0.25, 0.3) is 5.69 Å². The molecule has 9 nitrogen and oxygen atoms in total. The lowest BCUT2D eigenvalue weighted by Gasteiger charge is -2.04. The number of nitrogens with zero attached hydrogens (tertiary/aromatic N) is 4. The van der Waals surface area contributed by atoms with E-state index < -0.39 is 12.0 Å². The molecule has 1 aromatic heterocycles. The Hall–Kier alpha value is -3.23. The fraction of sp³-hybridized carbons (Fsp3) is 0.154. The van der Waals surface area contributed by atoms with E-state index in [1.807, 2.05) is 0 Å². The second-order valence-electron chi connectivity index (χ2n) is 4.46. The van der Waals surface area contributed by atoms with E-state index in [0.29, 0.717) is 22.8 Å². The lowest BCUT2D eigenvalue weighted by atomic mass is 10.2. The molecule has 1 heterocycles. The van der Waals surface area contributed by atoms with Crippen LogP contribution in [0.3, 0.4) is 0 Å². The molecule has 0 saturated carbocycles. The van der Waals surface area contributed by atoms with Crippen LogP contribution < -0.4 is 11.2 Å². The number of urea groups is 1. The van der Waals surface area contributed by atoms with Gasteiger partial charge in [-0.25, -0.2) is 19.7 Å². The molecule has 114 valence electrons. The van der Waals surface area contributed by atoms with Crippen molar-refractivity contribution in [3.8, 4) is 5.69 Å². The number of hydrogen-bond acceptors (Lipinski definition) is 5. The molecule has 0 saturated heterocycles. The van der Waals surface area contributed by atoms with Gasteiger partial charge in [0.1, 0.15) is 5.69 Å². The number of carbonyl (C=O) groups is 2. The van der Waals surface area contributed by atoms with Gasteiger partial charge in [-0.2, -0.15) is 5.10 Å². The Morgan fingerprint density at radius 3 is 2.50 bits per heavy atom. The van der Waals surface area contributed by atoms with Gasteiger partial charge in [-0.15, -0.1) is 5.10 Å². The lowest BCUT2D eigenvalue weighted by Crippen LogP contribution is -2.25. The van der Waals surface area contributed by atoms with Crippen molar-refractivity contribution in [2.75, 3.05) is 0 Å². The summed E-state index contributed by atoms with van der Waals surface area (Å²) in [4.78, 5) is 21.5. The summed E-state index contributed by atoms with van der Waals surface area (Å²) in [5.41, 5.74) is 9.55. The van der Waals surface area contributed by atoms with Crippen molar-refractivity contribution in [2.24, 2.45) is 10.8 Å². The van der Waals surface area contributed by atoms with Gasteiger partial charge in [0.25, 0.3) is 0 Å². The van der Waals surface area contributed by atoms with E-state index in [1.54, 1.807) is 30.7 Å². The SMILES string of the molecule is C/C(=N\NC(N)=O)c1nnn(-c2ccc(C(=O)O)cc2)c1C. The van der Waals surface area contributed by atoms with E-state index in [4.69, 9.17) is 10.8 Å². The molecule has 0 fully saturated rings. The molecule has 2 amide bonds. The van der Waals surface area contributed by atoms with Gasteiger partial charge in [-0.1, -0.05) is 5.21 Å². The molecule has 2 rings (SSSR count). The fourth-order valence-corrected chi connectivity index (χ4v) is 1.85. The van der Waals surface area contributed by atoms with E-state index in [-0.39, 0.29) is 5.56 Å². The van der Waals surface area contributed by atoms with Crippen LogP contribution in [0, 0.1) is 6.92 Å². The number of amides is 2. The topological polar surface area (TPSA) is 135 Å². The summed E-state index contributed by atoms with van der Waals surface area (Å²) in [6, 6.07) is 5.45. The second-order valence-corrected chi connectivity index (χ2v) is 4.46. The first kappa shape index (κ1) is 15.2. The number of carboxylic acids is 1. The van der Waals surface area contributed by atoms with Crippen LogP contribution >= 0.6 is 0 Å². The molecule has 9 heteroatoms. The first-order valence-electron chi connectivity index (χ1n) is 6.26. The third-order valence-electron chi connectivity index (χ3n) is 2.93. The van der Waals surface area contributed by atoms with Gasteiger partial charge in [-0.3, -0.25) is 0 Å². The average Bonchev–Trinajstić information content (AvgIpc) is 2.86. The number of hydrogen-bond donors (Lipinski definition) is 3. The Bertz CT molecular complexity index is 748. The molecule has 0 unspecified atom stereocenters. The van der Waals surface area contributed by atoms with Gasteiger partial charge in [0.05, 0.1) is 22.7 Å². The molecule has 1 aromatic carbocycles. The van der Waals surface area contributed by atoms with Gasteiger partial charge >= 0.3 is 12.0 Å². The highest BCUT2D eigenvalue weighted by atomic mass is 16.4. The Kier molecular flexibility index (Phi) is 4.16. The van der Waals surface area contributed by atoms with Crippen molar-refractivity contribution in [1.82, 2.24) is 20.4 Å². The van der Waals surface area contributed by atoms with Crippen molar-refractivity contribution < 1.29 is 14.7 Å². The van der Waals surface area contributed by atoms with Gasteiger partial charge in [0.15, 0.2) is 0 Å². The van der Waals surface area contributed by atoms with Crippen LogP contribution in [0.5, 0.6) is 0 Å². The van der Waals surface area contributed by atoms with E-state index >= 15 is 0 Å². The Labute approximate surface area is 125 Å². The number of primary amides is 1. The molecule has 0 bridgehead atoms. The number of rotatable bonds is 4. The standard InChI is InChI=1S/C13H14N6O3/c1-7(15-17-13(14)22)11-8(2)19(18-16-11)10-5-3-9(4-6-10)12(20)21/h3-6H,1-2H3,(H,20,21)(H3,14,17,22)/b15-7+. The van der Waals surface area contributed by atoms with E-state index in [9.17, 15) is 9.59 Å². The highest BCUT2D eigenvalue weighted by molar-refractivity contribution is 5.98. The normalized spacial score (nSPS) is 11.3. The van der Waals surface area contributed by atoms with Crippen LogP contribution in [0.4, 0.5) is 4.79 Å². The Morgan fingerprint density at radius 2 is 1.95 bits per heavy atom. The van der Waals surface area contributed by atoms with Crippen molar-refractivity contribution >= 4 is 17.7 Å². The monoisotopic (exact) mass is 302 g/mol. The number of benzene rings is 1. The molecule has 0 aliphatic rings. The zero-order valence-electron chi connectivity index (χ0n) is 11.9. The van der Waals surface area contributed by atoms with Gasteiger partial charge in [0, 0.05) is 0 Å². The van der Waals surface area contributed by atoms with Crippen molar-refractivity contribution in [3.63, 3.8) is 0 Å². The van der Waals surface area contributed by atoms with Crippen LogP contribution in [0.15, 0.2) is 29.4 Å². The molecule has 4 N–H and O–H groups in total. The summed E-state index contributed by atoms with van der Waals surface area (Å²) in [5, 5.41) is 20.7. The van der Waals surface area contributed by atoms with Gasteiger partial charge in [0.2, 0.25) is 0 Å². The molecule has 0 radical (unpaired) electrons. The third kappa shape index (κ3) is 3.08. The molecular formula is C13H14N6O3. The molecular weight excluding hydrogens is 288 g/mol. The number of nitrogens with one attached hydrogen (secondary N) is 1. The Balaban J connectivity index is 2.33. The summed E-state index contributed by atoms with van der Waals surface area (Å²) in [6.07, 6.45) is 0. The zero-order valence-corrected chi connectivity index (χ0v) is 11.9. The quantitative estimate of drug-likeness (QED) is 0.563. The van der Waals surface area contributed by atoms with Gasteiger partial charge < -0.3 is 10.8 Å².